The van der Waals surface area contributed by atoms with E-state index < -0.39 is 6.04 Å². The molecule has 0 saturated carbocycles. The largest absolute Gasteiger partial charge is 0.468 e. The van der Waals surface area contributed by atoms with E-state index in [2.05, 4.69) is 5.48 Å². The smallest absolute Gasteiger partial charge is 0.325 e. The first-order chi connectivity index (χ1) is 8.45. The summed E-state index contributed by atoms with van der Waals surface area (Å²) >= 11 is 0. The summed E-state index contributed by atoms with van der Waals surface area (Å²) < 4.78 is 4.76. The molecule has 0 radical (unpaired) electrons. The first kappa shape index (κ1) is 14.7. The maximum Gasteiger partial charge on any atom is 0.325 e. The summed E-state index contributed by atoms with van der Waals surface area (Å²) in [7, 11) is 1.37. The van der Waals surface area contributed by atoms with Gasteiger partial charge in [-0.2, -0.15) is 5.48 Å². The summed E-state index contributed by atoms with van der Waals surface area (Å²) in [5, 5.41) is 0. The Hall–Kier alpha value is -1.39. The minimum atomic E-state index is -0.494. The summed E-state index contributed by atoms with van der Waals surface area (Å²) in [6.45, 7) is 6.26. The summed E-state index contributed by atoms with van der Waals surface area (Å²) in [5.41, 5.74) is 3.55. The number of benzene rings is 1. The molecule has 1 aromatic rings. The van der Waals surface area contributed by atoms with Gasteiger partial charge >= 0.3 is 5.97 Å². The number of rotatable bonds is 5. The molecular weight excluding hydrogens is 230 g/mol. The van der Waals surface area contributed by atoms with Crippen LogP contribution in [0.15, 0.2) is 30.3 Å². The normalized spacial score (nSPS) is 13.1. The monoisotopic (exact) mass is 251 g/mol. The summed E-state index contributed by atoms with van der Waals surface area (Å²) in [4.78, 5) is 17.0. The number of hydrogen-bond donors (Lipinski definition) is 1. The van der Waals surface area contributed by atoms with Crippen molar-refractivity contribution in [3.8, 4) is 0 Å². The van der Waals surface area contributed by atoms with Crippen LogP contribution < -0.4 is 5.48 Å². The first-order valence-electron chi connectivity index (χ1n) is 5.94. The van der Waals surface area contributed by atoms with Crippen LogP contribution in [-0.4, -0.2) is 19.1 Å². The molecule has 0 amide bonds. The first-order valence-corrected chi connectivity index (χ1v) is 5.94. The molecule has 0 bridgehead atoms. The van der Waals surface area contributed by atoms with Crippen molar-refractivity contribution in [2.24, 2.45) is 5.41 Å². The van der Waals surface area contributed by atoms with Crippen molar-refractivity contribution in [3.63, 3.8) is 0 Å². The van der Waals surface area contributed by atoms with Gasteiger partial charge in [0.15, 0.2) is 0 Å². The second kappa shape index (κ2) is 6.52. The molecule has 0 fully saturated rings. The Balaban J connectivity index is 2.51. The molecule has 1 aromatic carbocycles. The fourth-order valence-electron chi connectivity index (χ4n) is 1.48. The molecule has 0 saturated heterocycles. The van der Waals surface area contributed by atoms with Gasteiger partial charge in [-0.25, -0.2) is 0 Å². The van der Waals surface area contributed by atoms with Gasteiger partial charge in [-0.05, 0) is 11.0 Å². The molecule has 0 heterocycles. The summed E-state index contributed by atoms with van der Waals surface area (Å²) in [5.74, 6) is -0.324. The molecule has 0 aromatic heterocycles. The lowest BCUT2D eigenvalue weighted by atomic mass is 9.87. The van der Waals surface area contributed by atoms with Gasteiger partial charge in [0.1, 0.15) is 6.04 Å². The van der Waals surface area contributed by atoms with Crippen molar-refractivity contribution in [2.75, 3.05) is 7.11 Å². The Labute approximate surface area is 108 Å². The molecule has 1 atom stereocenters. The van der Waals surface area contributed by atoms with Crippen LogP contribution in [0.1, 0.15) is 26.3 Å². The molecule has 100 valence electrons. The van der Waals surface area contributed by atoms with Crippen LogP contribution in [0.25, 0.3) is 0 Å². The van der Waals surface area contributed by atoms with Gasteiger partial charge in [0.25, 0.3) is 0 Å². The molecule has 0 aliphatic rings. The highest BCUT2D eigenvalue weighted by Crippen LogP contribution is 2.20. The number of hydrogen-bond acceptors (Lipinski definition) is 4. The average Bonchev–Trinajstić information content (AvgIpc) is 2.33. The third kappa shape index (κ3) is 4.47. The number of ether oxygens (including phenoxy) is 1. The second-order valence-electron chi connectivity index (χ2n) is 5.21. The fraction of sp³-hybridized carbons (Fsp3) is 0.500. The van der Waals surface area contributed by atoms with E-state index in [-0.39, 0.29) is 11.4 Å². The van der Waals surface area contributed by atoms with Gasteiger partial charge in [-0.3, -0.25) is 9.63 Å². The van der Waals surface area contributed by atoms with E-state index in [9.17, 15) is 4.79 Å². The SMILES string of the molecule is COC(=O)C(NOCc1ccccc1)C(C)(C)C. The van der Waals surface area contributed by atoms with Crippen molar-refractivity contribution < 1.29 is 14.4 Å². The van der Waals surface area contributed by atoms with Crippen LogP contribution in [0.3, 0.4) is 0 Å². The molecule has 1 unspecified atom stereocenters. The van der Waals surface area contributed by atoms with Crippen molar-refractivity contribution in [1.82, 2.24) is 5.48 Å². The Morgan fingerprint density at radius 1 is 1.28 bits per heavy atom. The Morgan fingerprint density at radius 3 is 2.39 bits per heavy atom. The minimum absolute atomic E-state index is 0.274. The molecule has 4 nitrogen and oxygen atoms in total. The van der Waals surface area contributed by atoms with Gasteiger partial charge in [0.05, 0.1) is 13.7 Å². The van der Waals surface area contributed by atoms with Gasteiger partial charge in [0, 0.05) is 0 Å². The number of carbonyl (C=O) groups is 1. The fourth-order valence-corrected chi connectivity index (χ4v) is 1.48. The number of carbonyl (C=O) groups excluding carboxylic acids is 1. The van der Waals surface area contributed by atoms with E-state index in [0.29, 0.717) is 6.61 Å². The molecule has 0 aliphatic heterocycles. The number of esters is 1. The Kier molecular flexibility index (Phi) is 5.31. The Bertz CT molecular complexity index is 370. The highest BCUT2D eigenvalue weighted by molar-refractivity contribution is 5.76. The molecule has 0 spiro atoms. The van der Waals surface area contributed by atoms with Crippen molar-refractivity contribution in [1.29, 1.82) is 0 Å². The van der Waals surface area contributed by atoms with E-state index in [0.717, 1.165) is 5.56 Å². The quantitative estimate of drug-likeness (QED) is 0.644. The van der Waals surface area contributed by atoms with E-state index >= 15 is 0 Å². The van der Waals surface area contributed by atoms with Crippen molar-refractivity contribution >= 4 is 5.97 Å². The third-order valence-corrected chi connectivity index (χ3v) is 2.59. The van der Waals surface area contributed by atoms with E-state index in [1.807, 2.05) is 51.1 Å². The lowest BCUT2D eigenvalue weighted by Gasteiger charge is -2.28. The van der Waals surface area contributed by atoms with Crippen LogP contribution in [0.4, 0.5) is 0 Å². The van der Waals surface area contributed by atoms with Crippen LogP contribution in [0.5, 0.6) is 0 Å². The van der Waals surface area contributed by atoms with Crippen molar-refractivity contribution in [3.05, 3.63) is 35.9 Å². The average molecular weight is 251 g/mol. The van der Waals surface area contributed by atoms with Crippen LogP contribution in [0, 0.1) is 5.41 Å². The zero-order valence-electron chi connectivity index (χ0n) is 11.4. The zero-order valence-corrected chi connectivity index (χ0v) is 11.4. The van der Waals surface area contributed by atoms with Gasteiger partial charge in [-0.1, -0.05) is 51.1 Å². The Morgan fingerprint density at radius 2 is 1.89 bits per heavy atom. The topological polar surface area (TPSA) is 47.6 Å². The highest BCUT2D eigenvalue weighted by atomic mass is 16.6. The maximum absolute atomic E-state index is 11.6. The third-order valence-electron chi connectivity index (χ3n) is 2.59. The lowest BCUT2D eigenvalue weighted by Crippen LogP contribution is -2.46. The lowest BCUT2D eigenvalue weighted by molar-refractivity contribution is -0.153. The number of nitrogens with one attached hydrogen (secondary N) is 1. The summed E-state index contributed by atoms with van der Waals surface area (Å²) in [6.07, 6.45) is 0. The van der Waals surface area contributed by atoms with Gasteiger partial charge < -0.3 is 4.74 Å². The van der Waals surface area contributed by atoms with Crippen LogP contribution in [-0.2, 0) is 21.0 Å². The molecule has 0 aliphatic carbocycles. The summed E-state index contributed by atoms with van der Waals surface area (Å²) in [6, 6.07) is 9.27. The van der Waals surface area contributed by atoms with E-state index in [1.165, 1.54) is 7.11 Å². The zero-order chi connectivity index (χ0) is 13.6. The van der Waals surface area contributed by atoms with Gasteiger partial charge in [0.2, 0.25) is 0 Å². The van der Waals surface area contributed by atoms with Crippen molar-refractivity contribution in [2.45, 2.75) is 33.4 Å². The predicted octanol–water partition coefficient (Wildman–Crippen LogP) is 2.30. The van der Waals surface area contributed by atoms with E-state index in [1.54, 1.807) is 0 Å². The minimum Gasteiger partial charge on any atom is -0.468 e. The standard InChI is InChI=1S/C14H21NO3/c1-14(2,3)12(13(16)17-4)15-18-10-11-8-6-5-7-9-11/h5-9,12,15H,10H2,1-4H3. The number of hydroxylamine groups is 1. The molecule has 1 rings (SSSR count). The second-order valence-corrected chi connectivity index (χ2v) is 5.21. The number of methoxy groups -OCH3 is 1. The molecule has 4 heteroatoms. The van der Waals surface area contributed by atoms with Crippen LogP contribution in [0.2, 0.25) is 0 Å². The predicted molar refractivity (Wildman–Crippen MR) is 69.6 cm³/mol. The highest BCUT2D eigenvalue weighted by Gasteiger charge is 2.32. The van der Waals surface area contributed by atoms with Crippen LogP contribution >= 0.6 is 0 Å². The van der Waals surface area contributed by atoms with Gasteiger partial charge in [-0.15, -0.1) is 0 Å². The maximum atomic E-state index is 11.6. The molecule has 1 N–H and O–H groups in total. The van der Waals surface area contributed by atoms with E-state index in [4.69, 9.17) is 9.57 Å². The molecular formula is C14H21NO3. The molecule has 18 heavy (non-hydrogen) atoms.